The Morgan fingerprint density at radius 3 is 2.72 bits per heavy atom. The van der Waals surface area contributed by atoms with Crippen molar-refractivity contribution in [1.29, 1.82) is 0 Å². The number of carbonyl (C=O) groups is 2. The van der Waals surface area contributed by atoms with E-state index in [0.717, 1.165) is 47.6 Å². The van der Waals surface area contributed by atoms with E-state index in [9.17, 15) is 14.7 Å². The Kier molecular flexibility index (Phi) is 6.16. The molecule has 3 heterocycles. The topological polar surface area (TPSA) is 127 Å². The first-order chi connectivity index (χ1) is 14.9. The number of hydrogen-bond donors (Lipinski definition) is 3. The Bertz CT molecular complexity index is 1180. The molecule has 1 atom stereocenters. The van der Waals surface area contributed by atoms with Gasteiger partial charge in [-0.2, -0.15) is 5.10 Å². The van der Waals surface area contributed by atoms with E-state index in [4.69, 9.17) is 0 Å². The molecule has 12 heteroatoms. The zero-order chi connectivity index (χ0) is 21.7. The van der Waals surface area contributed by atoms with Crippen LogP contribution >= 0.6 is 11.3 Å². The van der Waals surface area contributed by atoms with E-state index in [1.807, 2.05) is 24.6 Å². The number of nitrogens with zero attached hydrogens (tertiary/aromatic N) is 5. The molecule has 5 rings (SSSR count). The van der Waals surface area contributed by atoms with Crippen molar-refractivity contribution in [3.05, 3.63) is 34.1 Å². The van der Waals surface area contributed by atoms with Crippen molar-refractivity contribution in [2.75, 3.05) is 10.6 Å². The average Bonchev–Trinajstić information content (AvgIpc) is 3.25. The van der Waals surface area contributed by atoms with Gasteiger partial charge < -0.3 is 15.7 Å². The zero-order valence-corrected chi connectivity index (χ0v) is 18.1. The SMILES string of the molecule is Cc1cc(Nc2nncn2C2CCc3sc(NC(=O)C4CC4)c(C(=O)O)c3C2)n(C)n1.[LiH]. The van der Waals surface area contributed by atoms with Crippen molar-refractivity contribution in [1.82, 2.24) is 24.5 Å². The van der Waals surface area contributed by atoms with E-state index in [-0.39, 0.29) is 42.3 Å². The molecule has 0 radical (unpaired) electrons. The van der Waals surface area contributed by atoms with Gasteiger partial charge in [0.25, 0.3) is 0 Å². The molecular weight excluding hydrogens is 425 g/mol. The van der Waals surface area contributed by atoms with Crippen LogP contribution in [0.2, 0.25) is 0 Å². The van der Waals surface area contributed by atoms with Crippen LogP contribution in [-0.2, 0) is 24.7 Å². The molecule has 0 saturated heterocycles. The molecule has 3 aromatic rings. The quantitative estimate of drug-likeness (QED) is 0.493. The van der Waals surface area contributed by atoms with Gasteiger partial charge in [-0.15, -0.1) is 21.5 Å². The predicted octanol–water partition coefficient (Wildman–Crippen LogP) is 2.25. The van der Waals surface area contributed by atoms with E-state index in [1.165, 1.54) is 11.3 Å². The Labute approximate surface area is 200 Å². The van der Waals surface area contributed by atoms with Crippen LogP contribution in [0.1, 0.15) is 51.8 Å². The fraction of sp³-hybridized carbons (Fsp3) is 0.450. The van der Waals surface area contributed by atoms with E-state index >= 15 is 0 Å². The summed E-state index contributed by atoms with van der Waals surface area (Å²) in [4.78, 5) is 25.3. The van der Waals surface area contributed by atoms with Crippen LogP contribution in [-0.4, -0.2) is 60.4 Å². The first-order valence-electron chi connectivity index (χ1n) is 10.3. The Balaban J connectivity index is 0.00000245. The van der Waals surface area contributed by atoms with Crippen molar-refractivity contribution in [2.24, 2.45) is 13.0 Å². The van der Waals surface area contributed by atoms with Crippen LogP contribution in [0, 0.1) is 12.8 Å². The normalized spacial score (nSPS) is 17.4. The number of anilines is 3. The standard InChI is InChI=1S/C20H23N7O3S.Li.H/c1-10-7-15(26(2)25-10)22-20-24-21-9-27(20)12-5-6-14-13(8-12)16(19(29)30)18(31-14)23-17(28)11-3-4-11;;/h7,9,11-12H,3-6,8H2,1-2H3,(H,22,24)(H,23,28)(H,29,30);;. The van der Waals surface area contributed by atoms with Crippen molar-refractivity contribution in [3.8, 4) is 0 Å². The summed E-state index contributed by atoms with van der Waals surface area (Å²) in [6, 6.07) is 1.94. The molecular formula is C20H24LiN7O3S. The predicted molar refractivity (Wildman–Crippen MR) is 122 cm³/mol. The van der Waals surface area contributed by atoms with Crippen LogP contribution in [0.25, 0.3) is 0 Å². The maximum absolute atomic E-state index is 12.2. The number of aromatic nitrogens is 5. The van der Waals surface area contributed by atoms with Crippen molar-refractivity contribution in [3.63, 3.8) is 0 Å². The molecule has 0 spiro atoms. The molecule has 1 fully saturated rings. The van der Waals surface area contributed by atoms with E-state index in [0.29, 0.717) is 17.4 Å². The summed E-state index contributed by atoms with van der Waals surface area (Å²) in [6.07, 6.45) is 5.54. The van der Waals surface area contributed by atoms with Gasteiger partial charge in [0.2, 0.25) is 11.9 Å². The second kappa shape index (κ2) is 8.73. The van der Waals surface area contributed by atoms with Crippen molar-refractivity contribution < 1.29 is 14.7 Å². The number of carbonyl (C=O) groups excluding carboxylic acids is 1. The van der Waals surface area contributed by atoms with E-state index < -0.39 is 5.97 Å². The molecule has 3 aromatic heterocycles. The number of thiophene rings is 1. The third-order valence-corrected chi connectivity index (χ3v) is 7.05. The first kappa shape index (κ1) is 22.6. The zero-order valence-electron chi connectivity index (χ0n) is 17.3. The molecule has 0 aliphatic heterocycles. The molecule has 2 aliphatic carbocycles. The second-order valence-corrected chi connectivity index (χ2v) is 9.26. The number of fused-ring (bicyclic) bond motifs is 1. The number of amides is 1. The molecule has 1 saturated carbocycles. The number of nitrogens with one attached hydrogen (secondary N) is 2. The van der Waals surface area contributed by atoms with Crippen LogP contribution < -0.4 is 10.6 Å². The monoisotopic (exact) mass is 449 g/mol. The molecule has 3 N–H and O–H groups in total. The molecule has 1 unspecified atom stereocenters. The van der Waals surface area contributed by atoms with Gasteiger partial charge >= 0.3 is 24.8 Å². The Morgan fingerprint density at radius 1 is 1.28 bits per heavy atom. The second-order valence-electron chi connectivity index (χ2n) is 8.15. The Hall–Kier alpha value is -2.61. The molecule has 32 heavy (non-hydrogen) atoms. The van der Waals surface area contributed by atoms with Gasteiger partial charge in [-0.3, -0.25) is 14.0 Å². The minimum atomic E-state index is -1.00. The van der Waals surface area contributed by atoms with Gasteiger partial charge in [-0.1, -0.05) is 0 Å². The van der Waals surface area contributed by atoms with Crippen LogP contribution in [0.3, 0.4) is 0 Å². The number of carboxylic acids is 1. The van der Waals surface area contributed by atoms with Gasteiger partial charge in [0.05, 0.1) is 11.3 Å². The van der Waals surface area contributed by atoms with Crippen molar-refractivity contribution in [2.45, 2.75) is 45.1 Å². The first-order valence-corrected chi connectivity index (χ1v) is 11.1. The summed E-state index contributed by atoms with van der Waals surface area (Å²) in [6.45, 7) is 1.92. The minimum absolute atomic E-state index is 0. The molecule has 164 valence electrons. The fourth-order valence-corrected chi connectivity index (χ4v) is 5.36. The number of rotatable bonds is 6. The molecule has 1 amide bonds. The van der Waals surface area contributed by atoms with Gasteiger partial charge in [0, 0.05) is 30.0 Å². The third-order valence-electron chi connectivity index (χ3n) is 5.84. The molecule has 0 bridgehead atoms. The third kappa shape index (κ3) is 4.20. The summed E-state index contributed by atoms with van der Waals surface area (Å²) in [7, 11) is 1.85. The summed E-state index contributed by atoms with van der Waals surface area (Å²) in [5.74, 6) is 0.335. The number of aromatic carboxylic acids is 1. The molecule has 0 aromatic carbocycles. The van der Waals surface area contributed by atoms with Gasteiger partial charge in [-0.25, -0.2) is 4.79 Å². The number of hydrogen-bond acceptors (Lipinski definition) is 7. The van der Waals surface area contributed by atoms with Crippen LogP contribution in [0.15, 0.2) is 12.4 Å². The van der Waals surface area contributed by atoms with Gasteiger partial charge in [0.1, 0.15) is 17.1 Å². The van der Waals surface area contributed by atoms with E-state index in [1.54, 1.807) is 11.0 Å². The van der Waals surface area contributed by atoms with Crippen LogP contribution in [0.5, 0.6) is 0 Å². The molecule has 10 nitrogen and oxygen atoms in total. The summed E-state index contributed by atoms with van der Waals surface area (Å²) in [5.41, 5.74) is 1.92. The summed E-state index contributed by atoms with van der Waals surface area (Å²) in [5, 5.41) is 29.1. The van der Waals surface area contributed by atoms with Gasteiger partial charge in [-0.05, 0) is 44.6 Å². The fourth-order valence-electron chi connectivity index (χ4n) is 4.12. The maximum atomic E-state index is 12.2. The molecule has 2 aliphatic rings. The average molecular weight is 449 g/mol. The number of aryl methyl sites for hydroxylation is 3. The summed E-state index contributed by atoms with van der Waals surface area (Å²) < 4.78 is 3.70. The van der Waals surface area contributed by atoms with Crippen molar-refractivity contribution >= 4 is 58.8 Å². The van der Waals surface area contributed by atoms with Gasteiger partial charge in [0.15, 0.2) is 0 Å². The van der Waals surface area contributed by atoms with Crippen LogP contribution in [0.4, 0.5) is 16.8 Å². The van der Waals surface area contributed by atoms with E-state index in [2.05, 4.69) is 25.9 Å². The Morgan fingerprint density at radius 2 is 2.06 bits per heavy atom. The number of carboxylic acid groups (broad SMARTS) is 1. The summed E-state index contributed by atoms with van der Waals surface area (Å²) >= 11 is 1.39.